The molecule has 3 unspecified atom stereocenters. The van der Waals surface area contributed by atoms with Crippen LogP contribution in [-0.4, -0.2) is 47.9 Å². The lowest BCUT2D eigenvalue weighted by atomic mass is 10.00. The van der Waals surface area contributed by atoms with E-state index in [1.807, 2.05) is 45.0 Å². The fourth-order valence-corrected chi connectivity index (χ4v) is 4.06. The standard InChI is InChI=1S/C20H29N3O2/c1-13(2)18(22-19(24)17-7-5-4-6-14(17)3)20(25)23-15-8-9-16(23)12-21-11-10-15/h4-7,13,15-16,18,21H,8-12H2,1-3H3,(H,22,24). The maximum absolute atomic E-state index is 13.3. The molecule has 1 aromatic rings. The molecule has 2 saturated heterocycles. The van der Waals surface area contributed by atoms with E-state index in [9.17, 15) is 9.59 Å². The summed E-state index contributed by atoms with van der Waals surface area (Å²) in [5.41, 5.74) is 1.57. The summed E-state index contributed by atoms with van der Waals surface area (Å²) >= 11 is 0. The fourth-order valence-electron chi connectivity index (χ4n) is 4.06. The highest BCUT2D eigenvalue weighted by Crippen LogP contribution is 2.29. The molecule has 2 amide bonds. The van der Waals surface area contributed by atoms with Gasteiger partial charge in [-0.25, -0.2) is 0 Å². The van der Waals surface area contributed by atoms with Gasteiger partial charge in [0.15, 0.2) is 0 Å². The third-order valence-electron chi connectivity index (χ3n) is 5.52. The van der Waals surface area contributed by atoms with Crippen LogP contribution in [0.5, 0.6) is 0 Å². The Balaban J connectivity index is 1.78. The zero-order chi connectivity index (χ0) is 18.0. The lowest BCUT2D eigenvalue weighted by Crippen LogP contribution is -2.55. The van der Waals surface area contributed by atoms with Gasteiger partial charge in [0.2, 0.25) is 5.91 Å². The normalized spacial score (nSPS) is 24.1. The van der Waals surface area contributed by atoms with E-state index in [1.54, 1.807) is 0 Å². The topological polar surface area (TPSA) is 61.4 Å². The molecule has 0 aliphatic carbocycles. The minimum absolute atomic E-state index is 0.0519. The molecule has 2 bridgehead atoms. The van der Waals surface area contributed by atoms with Crippen molar-refractivity contribution in [2.75, 3.05) is 13.1 Å². The third-order valence-corrected chi connectivity index (χ3v) is 5.52. The molecule has 5 heteroatoms. The first-order valence-electron chi connectivity index (χ1n) is 9.38. The maximum atomic E-state index is 13.3. The van der Waals surface area contributed by atoms with Crippen LogP contribution in [0.25, 0.3) is 0 Å². The van der Waals surface area contributed by atoms with E-state index in [0.29, 0.717) is 11.6 Å². The summed E-state index contributed by atoms with van der Waals surface area (Å²) in [7, 11) is 0. The second-order valence-corrected chi connectivity index (χ2v) is 7.63. The number of carbonyl (C=O) groups is 2. The zero-order valence-electron chi connectivity index (χ0n) is 15.4. The molecule has 0 radical (unpaired) electrons. The van der Waals surface area contributed by atoms with Gasteiger partial charge in [-0.15, -0.1) is 0 Å². The second kappa shape index (κ2) is 7.56. The summed E-state index contributed by atoms with van der Waals surface area (Å²) in [4.78, 5) is 28.1. The van der Waals surface area contributed by atoms with Gasteiger partial charge >= 0.3 is 0 Å². The third kappa shape index (κ3) is 3.71. The second-order valence-electron chi connectivity index (χ2n) is 7.63. The molecule has 2 aliphatic rings. The van der Waals surface area contributed by atoms with Gasteiger partial charge in [0.05, 0.1) is 0 Å². The minimum Gasteiger partial charge on any atom is -0.340 e. The average Bonchev–Trinajstić information content (AvgIpc) is 2.84. The number of rotatable bonds is 4. The summed E-state index contributed by atoms with van der Waals surface area (Å²) in [6.07, 6.45) is 3.13. The Morgan fingerprint density at radius 1 is 1.16 bits per heavy atom. The fraction of sp³-hybridized carbons (Fsp3) is 0.600. The van der Waals surface area contributed by atoms with Gasteiger partial charge in [0.1, 0.15) is 6.04 Å². The van der Waals surface area contributed by atoms with E-state index in [-0.39, 0.29) is 23.8 Å². The monoisotopic (exact) mass is 343 g/mol. The number of fused-ring (bicyclic) bond motifs is 2. The van der Waals surface area contributed by atoms with Crippen molar-refractivity contribution in [3.63, 3.8) is 0 Å². The van der Waals surface area contributed by atoms with Crippen LogP contribution in [0.15, 0.2) is 24.3 Å². The molecule has 3 rings (SSSR count). The van der Waals surface area contributed by atoms with Gasteiger partial charge in [0.25, 0.3) is 5.91 Å². The highest BCUT2D eigenvalue weighted by Gasteiger charge is 2.41. The zero-order valence-corrected chi connectivity index (χ0v) is 15.4. The predicted octanol–water partition coefficient (Wildman–Crippen LogP) is 2.10. The van der Waals surface area contributed by atoms with Crippen molar-refractivity contribution in [3.8, 4) is 0 Å². The van der Waals surface area contributed by atoms with E-state index >= 15 is 0 Å². The van der Waals surface area contributed by atoms with Gasteiger partial charge in [-0.3, -0.25) is 9.59 Å². The lowest BCUT2D eigenvalue weighted by Gasteiger charge is -2.33. The first-order chi connectivity index (χ1) is 12.0. The molecule has 25 heavy (non-hydrogen) atoms. The summed E-state index contributed by atoms with van der Waals surface area (Å²) < 4.78 is 0. The van der Waals surface area contributed by atoms with Gasteiger partial charge in [-0.05, 0) is 50.3 Å². The Labute approximate surface area is 150 Å². The van der Waals surface area contributed by atoms with Crippen LogP contribution in [0.2, 0.25) is 0 Å². The van der Waals surface area contributed by atoms with E-state index < -0.39 is 6.04 Å². The summed E-state index contributed by atoms with van der Waals surface area (Å²) in [6, 6.07) is 7.59. The molecule has 0 saturated carbocycles. The smallest absolute Gasteiger partial charge is 0.252 e. The van der Waals surface area contributed by atoms with Gasteiger partial charge in [-0.1, -0.05) is 32.0 Å². The Morgan fingerprint density at radius 2 is 1.88 bits per heavy atom. The molecule has 2 heterocycles. The van der Waals surface area contributed by atoms with Crippen LogP contribution in [0.4, 0.5) is 0 Å². The largest absolute Gasteiger partial charge is 0.340 e. The quantitative estimate of drug-likeness (QED) is 0.880. The lowest BCUT2D eigenvalue weighted by molar-refractivity contribution is -0.137. The number of nitrogens with zero attached hydrogens (tertiary/aromatic N) is 1. The summed E-state index contributed by atoms with van der Waals surface area (Å²) in [5, 5.41) is 6.43. The molecule has 0 spiro atoms. The molecule has 2 aliphatic heterocycles. The number of benzene rings is 1. The first-order valence-corrected chi connectivity index (χ1v) is 9.38. The van der Waals surface area contributed by atoms with Crippen LogP contribution in [-0.2, 0) is 4.79 Å². The van der Waals surface area contributed by atoms with Crippen molar-refractivity contribution in [1.29, 1.82) is 0 Å². The van der Waals surface area contributed by atoms with Crippen molar-refractivity contribution in [2.45, 2.75) is 58.2 Å². The molecular weight excluding hydrogens is 314 g/mol. The highest BCUT2D eigenvalue weighted by molar-refractivity contribution is 5.98. The molecule has 1 aromatic carbocycles. The number of amides is 2. The molecular formula is C20H29N3O2. The summed E-state index contributed by atoms with van der Waals surface area (Å²) in [6.45, 7) is 7.74. The van der Waals surface area contributed by atoms with Gasteiger partial charge in [-0.2, -0.15) is 0 Å². The van der Waals surface area contributed by atoms with Crippen molar-refractivity contribution < 1.29 is 9.59 Å². The molecule has 3 atom stereocenters. The van der Waals surface area contributed by atoms with Crippen LogP contribution >= 0.6 is 0 Å². The maximum Gasteiger partial charge on any atom is 0.252 e. The Morgan fingerprint density at radius 3 is 2.60 bits per heavy atom. The SMILES string of the molecule is Cc1ccccc1C(=O)NC(C(=O)N1C2CCNCC1CC2)C(C)C. The molecule has 0 aromatic heterocycles. The molecule has 136 valence electrons. The van der Waals surface area contributed by atoms with Crippen molar-refractivity contribution in [2.24, 2.45) is 5.92 Å². The van der Waals surface area contributed by atoms with E-state index in [4.69, 9.17) is 0 Å². The van der Waals surface area contributed by atoms with E-state index in [1.165, 1.54) is 0 Å². The average molecular weight is 343 g/mol. The first kappa shape index (κ1) is 17.9. The van der Waals surface area contributed by atoms with Crippen molar-refractivity contribution >= 4 is 11.8 Å². The number of aryl methyl sites for hydroxylation is 1. The minimum atomic E-state index is -0.478. The van der Waals surface area contributed by atoms with Crippen LogP contribution in [0.3, 0.4) is 0 Å². The van der Waals surface area contributed by atoms with Crippen LogP contribution in [0, 0.1) is 12.8 Å². The Bertz CT molecular complexity index is 630. The van der Waals surface area contributed by atoms with Crippen LogP contribution < -0.4 is 10.6 Å². The molecule has 5 nitrogen and oxygen atoms in total. The van der Waals surface area contributed by atoms with Gasteiger partial charge < -0.3 is 15.5 Å². The Hall–Kier alpha value is -1.88. The summed E-state index contributed by atoms with van der Waals surface area (Å²) in [5.74, 6) is -0.0327. The van der Waals surface area contributed by atoms with Gasteiger partial charge in [0, 0.05) is 24.2 Å². The van der Waals surface area contributed by atoms with Crippen molar-refractivity contribution in [1.82, 2.24) is 15.5 Å². The van der Waals surface area contributed by atoms with E-state index in [2.05, 4.69) is 15.5 Å². The predicted molar refractivity (Wildman–Crippen MR) is 98.4 cm³/mol. The van der Waals surface area contributed by atoms with Crippen LogP contribution in [0.1, 0.15) is 49.0 Å². The van der Waals surface area contributed by atoms with E-state index in [0.717, 1.165) is 37.9 Å². The number of carbonyl (C=O) groups excluding carboxylic acids is 2. The molecule has 2 fully saturated rings. The number of nitrogens with one attached hydrogen (secondary N) is 2. The van der Waals surface area contributed by atoms with Crippen molar-refractivity contribution in [3.05, 3.63) is 35.4 Å². The number of hydrogen-bond donors (Lipinski definition) is 2. The number of hydrogen-bond acceptors (Lipinski definition) is 3. The highest BCUT2D eigenvalue weighted by atomic mass is 16.2. The molecule has 2 N–H and O–H groups in total. The Kier molecular flexibility index (Phi) is 5.42.